The van der Waals surface area contributed by atoms with Gasteiger partial charge in [0.15, 0.2) is 11.5 Å². The van der Waals surface area contributed by atoms with Crippen molar-refractivity contribution in [1.29, 1.82) is 5.41 Å². The topological polar surface area (TPSA) is 202 Å². The number of anilines is 1. The van der Waals surface area contributed by atoms with E-state index >= 15 is 0 Å². The molecule has 2 amide bonds. The first-order valence-corrected chi connectivity index (χ1v) is 13.8. The van der Waals surface area contributed by atoms with Gasteiger partial charge in [0.1, 0.15) is 18.5 Å². The van der Waals surface area contributed by atoms with E-state index in [0.717, 1.165) is 0 Å². The highest BCUT2D eigenvalue weighted by atomic mass is 35.5. The fourth-order valence-corrected chi connectivity index (χ4v) is 3.69. The summed E-state index contributed by atoms with van der Waals surface area (Å²) in [6.07, 6.45) is -5.08. The molecule has 0 aliphatic heterocycles. The average molecular weight is 667 g/mol. The molecule has 0 saturated heterocycles. The van der Waals surface area contributed by atoms with Gasteiger partial charge in [0.25, 0.3) is 11.8 Å². The lowest BCUT2D eigenvalue weighted by Gasteiger charge is -2.23. The lowest BCUT2D eigenvalue weighted by atomic mass is 10.0. The van der Waals surface area contributed by atoms with Crippen LogP contribution < -0.4 is 37.1 Å². The summed E-state index contributed by atoms with van der Waals surface area (Å²) in [6.45, 7) is 6.16. The van der Waals surface area contributed by atoms with Gasteiger partial charge in [-0.3, -0.25) is 25.8 Å². The number of carboxylic acids is 1. The summed E-state index contributed by atoms with van der Waals surface area (Å²) >= 11 is 6.11. The molecule has 0 aromatic heterocycles. The van der Waals surface area contributed by atoms with E-state index in [-0.39, 0.29) is 23.0 Å². The number of carboxylic acid groups (broad SMARTS) is 1. The lowest BCUT2D eigenvalue weighted by Crippen LogP contribution is -2.45. The molecule has 3 rings (SSSR count). The monoisotopic (exact) mass is 666 g/mol. The Bertz CT molecular complexity index is 1530. The molecule has 46 heavy (non-hydrogen) atoms. The highest BCUT2D eigenvalue weighted by Gasteiger charge is 2.38. The summed E-state index contributed by atoms with van der Waals surface area (Å²) in [4.78, 5) is 34.9. The molecule has 0 aliphatic carbocycles. The van der Waals surface area contributed by atoms with Crippen LogP contribution in [0.4, 0.5) is 18.9 Å². The van der Waals surface area contributed by atoms with Crippen LogP contribution in [0.5, 0.6) is 11.5 Å². The van der Waals surface area contributed by atoms with Gasteiger partial charge in [-0.2, -0.15) is 13.2 Å². The number of amidine groups is 1. The van der Waals surface area contributed by atoms with E-state index in [2.05, 4.69) is 16.2 Å². The number of ether oxygens (including phenoxy) is 2. The molecule has 9 N–H and O–H groups in total. The number of alkyl halides is 3. The molecule has 16 heteroatoms. The SMILES string of the molecule is CCOc1cc(C(Nc2ccc(C(=N)N)cc2)C(=O)NNC(=O)c2ccccc2Cl)ccc1OCC(C)(C)N.O=C(O)C(F)(F)F. The molecule has 1 atom stereocenters. The molecule has 0 aliphatic rings. The van der Waals surface area contributed by atoms with Crippen LogP contribution >= 0.6 is 11.6 Å². The van der Waals surface area contributed by atoms with Gasteiger partial charge in [0.2, 0.25) is 0 Å². The molecule has 0 saturated carbocycles. The third kappa shape index (κ3) is 11.8. The number of halogens is 4. The molecule has 12 nitrogen and oxygen atoms in total. The maximum absolute atomic E-state index is 13.4. The number of rotatable bonds is 11. The minimum atomic E-state index is -5.08. The van der Waals surface area contributed by atoms with E-state index in [1.807, 2.05) is 20.8 Å². The van der Waals surface area contributed by atoms with Crippen LogP contribution in [0.25, 0.3) is 0 Å². The van der Waals surface area contributed by atoms with Crippen molar-refractivity contribution in [1.82, 2.24) is 10.9 Å². The first-order valence-electron chi connectivity index (χ1n) is 13.5. The summed E-state index contributed by atoms with van der Waals surface area (Å²) in [5.41, 5.74) is 17.8. The lowest BCUT2D eigenvalue weighted by molar-refractivity contribution is -0.192. The molecule has 0 radical (unpaired) electrons. The first-order chi connectivity index (χ1) is 21.4. The van der Waals surface area contributed by atoms with Crippen molar-refractivity contribution in [2.75, 3.05) is 18.5 Å². The van der Waals surface area contributed by atoms with E-state index < -0.39 is 35.5 Å². The molecular formula is C30H34ClF3N6O6. The highest BCUT2D eigenvalue weighted by molar-refractivity contribution is 6.33. The predicted octanol–water partition coefficient (Wildman–Crippen LogP) is 4.39. The van der Waals surface area contributed by atoms with E-state index in [9.17, 15) is 22.8 Å². The third-order valence-corrected chi connectivity index (χ3v) is 5.96. The number of nitrogens with two attached hydrogens (primary N) is 2. The zero-order chi connectivity index (χ0) is 34.7. The average Bonchev–Trinajstić information content (AvgIpc) is 2.98. The van der Waals surface area contributed by atoms with Crippen molar-refractivity contribution in [3.63, 3.8) is 0 Å². The van der Waals surface area contributed by atoms with E-state index in [1.165, 1.54) is 0 Å². The zero-order valence-corrected chi connectivity index (χ0v) is 25.8. The molecule has 3 aromatic rings. The fraction of sp³-hybridized carbons (Fsp3) is 0.267. The predicted molar refractivity (Wildman–Crippen MR) is 166 cm³/mol. The Kier molecular flexibility index (Phi) is 13.2. The second-order valence-corrected chi connectivity index (χ2v) is 10.6. The smallest absolute Gasteiger partial charge is 0.490 e. The van der Waals surface area contributed by atoms with Crippen LogP contribution in [0.2, 0.25) is 5.02 Å². The number of hydrazine groups is 1. The Hall–Kier alpha value is -5.02. The van der Waals surface area contributed by atoms with Gasteiger partial charge in [-0.05, 0) is 74.9 Å². The van der Waals surface area contributed by atoms with Crippen LogP contribution in [0.3, 0.4) is 0 Å². The van der Waals surface area contributed by atoms with Crippen LogP contribution in [-0.2, 0) is 9.59 Å². The third-order valence-electron chi connectivity index (χ3n) is 5.63. The second-order valence-electron chi connectivity index (χ2n) is 10.2. The van der Waals surface area contributed by atoms with Gasteiger partial charge in [-0.15, -0.1) is 0 Å². The maximum atomic E-state index is 13.4. The Morgan fingerprint density at radius 1 is 0.978 bits per heavy atom. The zero-order valence-electron chi connectivity index (χ0n) is 25.0. The van der Waals surface area contributed by atoms with Gasteiger partial charge in [0.05, 0.1) is 17.2 Å². The quantitative estimate of drug-likeness (QED) is 0.0880. The molecule has 0 spiro atoms. The minimum absolute atomic E-state index is 0.0734. The second kappa shape index (κ2) is 16.3. The molecule has 0 heterocycles. The number of aliphatic carboxylic acids is 1. The van der Waals surface area contributed by atoms with Crippen molar-refractivity contribution in [2.45, 2.75) is 38.5 Å². The van der Waals surface area contributed by atoms with Gasteiger partial charge in [0, 0.05) is 16.8 Å². The van der Waals surface area contributed by atoms with Gasteiger partial charge in [-0.1, -0.05) is 29.8 Å². The van der Waals surface area contributed by atoms with Crippen LogP contribution in [0.1, 0.15) is 48.3 Å². The van der Waals surface area contributed by atoms with Gasteiger partial charge >= 0.3 is 12.1 Å². The van der Waals surface area contributed by atoms with E-state index in [1.54, 1.807) is 66.7 Å². The van der Waals surface area contributed by atoms with Crippen molar-refractivity contribution in [2.24, 2.45) is 11.5 Å². The first kappa shape index (κ1) is 37.2. The maximum Gasteiger partial charge on any atom is 0.490 e. The number of carbonyl (C=O) groups excluding carboxylic acids is 2. The summed E-state index contributed by atoms with van der Waals surface area (Å²) in [6, 6.07) is 17.4. The van der Waals surface area contributed by atoms with Crippen molar-refractivity contribution in [3.05, 3.63) is 88.4 Å². The van der Waals surface area contributed by atoms with Crippen LogP contribution in [-0.4, -0.2) is 53.7 Å². The number of hydrogen-bond acceptors (Lipinski definition) is 8. The van der Waals surface area contributed by atoms with Gasteiger partial charge < -0.3 is 31.4 Å². The summed E-state index contributed by atoms with van der Waals surface area (Å²) in [5.74, 6) is -3.03. The van der Waals surface area contributed by atoms with Crippen molar-refractivity contribution >= 4 is 40.9 Å². The van der Waals surface area contributed by atoms with Gasteiger partial charge in [-0.25, -0.2) is 4.79 Å². The van der Waals surface area contributed by atoms with E-state index in [0.29, 0.717) is 34.9 Å². The Morgan fingerprint density at radius 3 is 2.11 bits per heavy atom. The van der Waals surface area contributed by atoms with Crippen molar-refractivity contribution in [3.8, 4) is 11.5 Å². The fourth-order valence-electron chi connectivity index (χ4n) is 3.47. The molecule has 248 valence electrons. The Balaban J connectivity index is 0.000000942. The molecule has 3 aromatic carbocycles. The number of amides is 2. The largest absolute Gasteiger partial charge is 0.490 e. The Morgan fingerprint density at radius 2 is 1.59 bits per heavy atom. The number of hydrogen-bond donors (Lipinski definition) is 7. The standard InChI is InChI=1S/C28H33ClN6O4.C2HF3O2/c1-4-38-23-15-18(11-14-22(23)39-16-28(2,3)32)24(33-19-12-9-17(10-13-19)25(30)31)27(37)35-34-26(36)20-7-5-6-8-21(20)29;3-2(4,5)1(6)7/h5-15,24,33H,4,16,32H2,1-3H3,(H3,30,31)(H,34,36)(H,35,37);(H,6,7). The molecular weight excluding hydrogens is 633 g/mol. The number of benzene rings is 3. The summed E-state index contributed by atoms with van der Waals surface area (Å²) < 4.78 is 43.4. The van der Waals surface area contributed by atoms with Crippen LogP contribution in [0, 0.1) is 5.41 Å². The summed E-state index contributed by atoms with van der Waals surface area (Å²) in [7, 11) is 0. The van der Waals surface area contributed by atoms with Crippen molar-refractivity contribution < 1.29 is 42.1 Å². The molecule has 0 fully saturated rings. The normalized spacial score (nSPS) is 11.7. The Labute approximate surface area is 267 Å². The molecule has 1 unspecified atom stereocenters. The minimum Gasteiger partial charge on any atom is -0.490 e. The molecule has 0 bridgehead atoms. The summed E-state index contributed by atoms with van der Waals surface area (Å²) in [5, 5.41) is 18.1. The number of nitrogens with one attached hydrogen (secondary N) is 4. The van der Waals surface area contributed by atoms with E-state index in [4.69, 9.17) is 47.9 Å². The number of carbonyl (C=O) groups is 3. The highest BCUT2D eigenvalue weighted by Crippen LogP contribution is 2.32. The van der Waals surface area contributed by atoms with Crippen LogP contribution in [0.15, 0.2) is 66.7 Å². The number of nitrogen functional groups attached to an aromatic ring is 1.